The lowest BCUT2D eigenvalue weighted by Gasteiger charge is -2.07. The van der Waals surface area contributed by atoms with Crippen LogP contribution >= 0.6 is 0 Å². The van der Waals surface area contributed by atoms with Crippen LogP contribution in [0.3, 0.4) is 0 Å². The predicted octanol–water partition coefficient (Wildman–Crippen LogP) is 1.99. The third kappa shape index (κ3) is 3.45. The van der Waals surface area contributed by atoms with Gasteiger partial charge in [0.05, 0.1) is 6.42 Å². The number of aromatic amines is 1. The van der Waals surface area contributed by atoms with E-state index < -0.39 is 0 Å². The van der Waals surface area contributed by atoms with Gasteiger partial charge in [-0.1, -0.05) is 12.1 Å². The van der Waals surface area contributed by atoms with Gasteiger partial charge < -0.3 is 5.32 Å². The van der Waals surface area contributed by atoms with Crippen molar-refractivity contribution in [2.24, 2.45) is 0 Å². The van der Waals surface area contributed by atoms with Crippen LogP contribution < -0.4 is 5.32 Å². The van der Waals surface area contributed by atoms with Crippen molar-refractivity contribution in [3.63, 3.8) is 0 Å². The molecule has 1 aliphatic rings. The summed E-state index contributed by atoms with van der Waals surface area (Å²) >= 11 is 0. The van der Waals surface area contributed by atoms with Crippen molar-refractivity contribution in [2.75, 3.05) is 0 Å². The van der Waals surface area contributed by atoms with Crippen LogP contribution in [0.25, 0.3) is 0 Å². The Balaban J connectivity index is 1.59. The SMILES string of the molecule is Cc1nc(CC(=O)NCc2cc(C3CC3)ccc2F)n[nH]1. The first-order chi connectivity index (χ1) is 10.1. The van der Waals surface area contributed by atoms with E-state index in [1.54, 1.807) is 6.92 Å². The second kappa shape index (κ2) is 5.63. The summed E-state index contributed by atoms with van der Waals surface area (Å²) in [5.41, 5.74) is 1.68. The van der Waals surface area contributed by atoms with E-state index in [0.717, 1.165) is 5.56 Å². The fourth-order valence-electron chi connectivity index (χ4n) is 2.27. The van der Waals surface area contributed by atoms with Crippen LogP contribution in [0.5, 0.6) is 0 Å². The Morgan fingerprint density at radius 3 is 2.95 bits per heavy atom. The fourth-order valence-corrected chi connectivity index (χ4v) is 2.27. The van der Waals surface area contributed by atoms with E-state index in [2.05, 4.69) is 20.5 Å². The van der Waals surface area contributed by atoms with Crippen LogP contribution in [0.15, 0.2) is 18.2 Å². The quantitative estimate of drug-likeness (QED) is 0.884. The first-order valence-corrected chi connectivity index (χ1v) is 7.04. The topological polar surface area (TPSA) is 70.7 Å². The number of hydrogen-bond donors (Lipinski definition) is 2. The number of hydrogen-bond acceptors (Lipinski definition) is 3. The highest BCUT2D eigenvalue weighted by Gasteiger charge is 2.24. The zero-order valence-electron chi connectivity index (χ0n) is 11.8. The molecule has 6 heteroatoms. The maximum Gasteiger partial charge on any atom is 0.228 e. The van der Waals surface area contributed by atoms with Crippen molar-refractivity contribution in [3.8, 4) is 0 Å². The molecule has 0 atom stereocenters. The number of H-pyrrole nitrogens is 1. The molecule has 0 aliphatic heterocycles. The van der Waals surface area contributed by atoms with E-state index in [0.29, 0.717) is 23.1 Å². The average molecular weight is 288 g/mol. The molecule has 0 unspecified atom stereocenters. The molecule has 1 aromatic carbocycles. The van der Waals surface area contributed by atoms with Crippen LogP contribution in [-0.2, 0) is 17.8 Å². The Bertz CT molecular complexity index is 663. The summed E-state index contributed by atoms with van der Waals surface area (Å²) < 4.78 is 13.8. The van der Waals surface area contributed by atoms with Gasteiger partial charge in [-0.25, -0.2) is 9.37 Å². The molecule has 1 aromatic heterocycles. The van der Waals surface area contributed by atoms with Crippen LogP contribution in [-0.4, -0.2) is 21.1 Å². The summed E-state index contributed by atoms with van der Waals surface area (Å²) in [5, 5.41) is 9.30. The molecule has 2 N–H and O–H groups in total. The van der Waals surface area contributed by atoms with Gasteiger partial charge >= 0.3 is 0 Å². The lowest BCUT2D eigenvalue weighted by molar-refractivity contribution is -0.120. The summed E-state index contributed by atoms with van der Waals surface area (Å²) in [6.07, 6.45) is 2.43. The van der Waals surface area contributed by atoms with Gasteiger partial charge in [0.15, 0.2) is 5.82 Å². The summed E-state index contributed by atoms with van der Waals surface area (Å²) in [4.78, 5) is 15.9. The van der Waals surface area contributed by atoms with Crippen molar-refractivity contribution in [1.82, 2.24) is 20.5 Å². The number of benzene rings is 1. The molecule has 0 spiro atoms. The van der Waals surface area contributed by atoms with Gasteiger partial charge in [-0.3, -0.25) is 9.89 Å². The van der Waals surface area contributed by atoms with Crippen LogP contribution in [0.4, 0.5) is 4.39 Å². The molecule has 3 rings (SSSR count). The smallest absolute Gasteiger partial charge is 0.228 e. The van der Waals surface area contributed by atoms with Gasteiger partial charge in [0.25, 0.3) is 0 Å². The molecule has 110 valence electrons. The first kappa shape index (κ1) is 13.7. The summed E-state index contributed by atoms with van der Waals surface area (Å²) in [6, 6.07) is 5.16. The Morgan fingerprint density at radius 2 is 2.29 bits per heavy atom. The average Bonchev–Trinajstić information content (AvgIpc) is 3.22. The molecule has 5 nitrogen and oxygen atoms in total. The van der Waals surface area contributed by atoms with Crippen molar-refractivity contribution in [2.45, 2.75) is 38.6 Å². The molecule has 1 saturated carbocycles. The highest BCUT2D eigenvalue weighted by atomic mass is 19.1. The molecule has 2 aromatic rings. The van der Waals surface area contributed by atoms with E-state index in [9.17, 15) is 9.18 Å². The maximum atomic E-state index is 13.8. The van der Waals surface area contributed by atoms with Crippen LogP contribution in [0.2, 0.25) is 0 Å². The molecule has 0 radical (unpaired) electrons. The zero-order chi connectivity index (χ0) is 14.8. The Hall–Kier alpha value is -2.24. The molecule has 1 aliphatic carbocycles. The van der Waals surface area contributed by atoms with Gasteiger partial charge in [0.2, 0.25) is 5.91 Å². The van der Waals surface area contributed by atoms with Crippen molar-refractivity contribution >= 4 is 5.91 Å². The first-order valence-electron chi connectivity index (χ1n) is 7.04. The van der Waals surface area contributed by atoms with Crippen molar-refractivity contribution in [3.05, 3.63) is 46.8 Å². The molecule has 0 bridgehead atoms. The number of nitrogens with zero attached hydrogens (tertiary/aromatic N) is 2. The van der Waals surface area contributed by atoms with E-state index >= 15 is 0 Å². The van der Waals surface area contributed by atoms with Gasteiger partial charge in [-0.2, -0.15) is 5.10 Å². The van der Waals surface area contributed by atoms with Gasteiger partial charge in [-0.05, 0) is 37.3 Å². The standard InChI is InChI=1S/C15H17FN4O/c1-9-18-14(20-19-9)7-15(21)17-8-12-6-11(10-2-3-10)4-5-13(12)16/h4-6,10H,2-3,7-8H2,1H3,(H,17,21)(H,18,19,20). The number of rotatable bonds is 5. The van der Waals surface area contributed by atoms with E-state index in [4.69, 9.17) is 0 Å². The predicted molar refractivity (Wildman–Crippen MR) is 75.0 cm³/mol. The summed E-state index contributed by atoms with van der Waals surface area (Å²) in [5.74, 6) is 1.17. The number of aromatic nitrogens is 3. The number of carbonyl (C=O) groups is 1. The summed E-state index contributed by atoms with van der Waals surface area (Å²) in [6.45, 7) is 1.96. The Morgan fingerprint density at radius 1 is 1.48 bits per heavy atom. The Kier molecular flexibility index (Phi) is 3.68. The third-order valence-electron chi connectivity index (χ3n) is 3.56. The molecule has 21 heavy (non-hydrogen) atoms. The normalized spacial score (nSPS) is 14.2. The molecular weight excluding hydrogens is 271 g/mol. The highest BCUT2D eigenvalue weighted by Crippen LogP contribution is 2.40. The second-order valence-corrected chi connectivity index (χ2v) is 5.42. The summed E-state index contributed by atoms with van der Waals surface area (Å²) in [7, 11) is 0. The lowest BCUT2D eigenvalue weighted by atomic mass is 10.1. The van der Waals surface area contributed by atoms with Gasteiger partial charge in [0, 0.05) is 12.1 Å². The molecule has 0 saturated heterocycles. The lowest BCUT2D eigenvalue weighted by Crippen LogP contribution is -2.25. The fraction of sp³-hybridized carbons (Fsp3) is 0.400. The monoisotopic (exact) mass is 288 g/mol. The van der Waals surface area contributed by atoms with Crippen molar-refractivity contribution in [1.29, 1.82) is 0 Å². The molecular formula is C15H17FN4O. The Labute approximate surface area is 122 Å². The number of nitrogens with one attached hydrogen (secondary N) is 2. The number of amides is 1. The molecule has 1 heterocycles. The minimum absolute atomic E-state index is 0.0915. The number of carbonyl (C=O) groups excluding carboxylic acids is 1. The van der Waals surface area contributed by atoms with Gasteiger partial charge in [0.1, 0.15) is 11.6 Å². The third-order valence-corrected chi connectivity index (χ3v) is 3.56. The van der Waals surface area contributed by atoms with Gasteiger partial charge in [-0.15, -0.1) is 0 Å². The zero-order valence-corrected chi connectivity index (χ0v) is 11.8. The van der Waals surface area contributed by atoms with E-state index in [1.807, 2.05) is 12.1 Å². The van der Waals surface area contributed by atoms with E-state index in [1.165, 1.54) is 18.9 Å². The minimum atomic E-state index is -0.284. The van der Waals surface area contributed by atoms with E-state index in [-0.39, 0.29) is 24.7 Å². The second-order valence-electron chi connectivity index (χ2n) is 5.42. The van der Waals surface area contributed by atoms with Crippen LogP contribution in [0.1, 0.15) is 41.5 Å². The van der Waals surface area contributed by atoms with Crippen molar-refractivity contribution < 1.29 is 9.18 Å². The molecule has 1 fully saturated rings. The number of halogens is 1. The minimum Gasteiger partial charge on any atom is -0.352 e. The van der Waals surface area contributed by atoms with Crippen LogP contribution in [0, 0.1) is 12.7 Å². The largest absolute Gasteiger partial charge is 0.352 e. The number of aryl methyl sites for hydroxylation is 1. The highest BCUT2D eigenvalue weighted by molar-refractivity contribution is 5.77. The molecule has 1 amide bonds. The maximum absolute atomic E-state index is 13.8.